The maximum atomic E-state index is 13.8. The first-order chi connectivity index (χ1) is 14.5. The van der Waals surface area contributed by atoms with Crippen molar-refractivity contribution in [2.45, 2.75) is 18.4 Å². The van der Waals surface area contributed by atoms with Crippen LogP contribution in [-0.4, -0.2) is 28.7 Å². The maximum Gasteiger partial charge on any atom is 0.264 e. The number of aryl methyl sites for hydroxylation is 1. The van der Waals surface area contributed by atoms with E-state index in [1.54, 1.807) is 30.3 Å². The van der Waals surface area contributed by atoms with Gasteiger partial charge in [0.2, 0.25) is 0 Å². The first-order valence-electron chi connectivity index (χ1n) is 9.60. The van der Waals surface area contributed by atoms with Crippen LogP contribution in [0.15, 0.2) is 71.6 Å². The molecule has 1 heterocycles. The van der Waals surface area contributed by atoms with Crippen LogP contribution in [-0.2, 0) is 16.6 Å². The summed E-state index contributed by atoms with van der Waals surface area (Å²) in [6.07, 6.45) is 0. The Kier molecular flexibility index (Phi) is 5.55. The molecular weight excluding hydrogens is 402 g/mol. The summed E-state index contributed by atoms with van der Waals surface area (Å²) in [5.74, 6) is 1.45. The molecule has 0 saturated heterocycles. The fourth-order valence-corrected chi connectivity index (χ4v) is 4.90. The summed E-state index contributed by atoms with van der Waals surface area (Å²) in [6, 6.07) is 19.6. The SMILES string of the molecule is COc1ccccc1N(Cc1cccc(C)c1)S(=O)(=O)c1ccc2c(c1)OCCO2. The van der Waals surface area contributed by atoms with Crippen molar-refractivity contribution < 1.29 is 22.6 Å². The number of hydrogen-bond acceptors (Lipinski definition) is 5. The van der Waals surface area contributed by atoms with Crippen LogP contribution in [0, 0.1) is 6.92 Å². The average Bonchev–Trinajstić information content (AvgIpc) is 2.77. The molecule has 0 bridgehead atoms. The quantitative estimate of drug-likeness (QED) is 0.593. The van der Waals surface area contributed by atoms with E-state index in [1.807, 2.05) is 37.3 Å². The smallest absolute Gasteiger partial charge is 0.264 e. The van der Waals surface area contributed by atoms with Gasteiger partial charge in [-0.15, -0.1) is 0 Å². The van der Waals surface area contributed by atoms with Gasteiger partial charge >= 0.3 is 0 Å². The lowest BCUT2D eigenvalue weighted by Crippen LogP contribution is -2.31. The normalized spacial score (nSPS) is 13.0. The molecule has 0 unspecified atom stereocenters. The molecular formula is C23H23NO5S. The van der Waals surface area contributed by atoms with Gasteiger partial charge in [0.25, 0.3) is 10.0 Å². The van der Waals surface area contributed by atoms with Crippen molar-refractivity contribution in [3.8, 4) is 17.2 Å². The maximum absolute atomic E-state index is 13.8. The molecule has 4 rings (SSSR count). The van der Waals surface area contributed by atoms with Crippen molar-refractivity contribution in [3.05, 3.63) is 77.9 Å². The molecule has 1 aliphatic heterocycles. The highest BCUT2D eigenvalue weighted by Crippen LogP contribution is 2.37. The molecule has 7 heteroatoms. The summed E-state index contributed by atoms with van der Waals surface area (Å²) in [6.45, 7) is 2.97. The summed E-state index contributed by atoms with van der Waals surface area (Å²) in [5.41, 5.74) is 2.41. The second kappa shape index (κ2) is 8.28. The Morgan fingerprint density at radius 1 is 0.933 bits per heavy atom. The first kappa shape index (κ1) is 20.1. The van der Waals surface area contributed by atoms with Crippen LogP contribution in [0.3, 0.4) is 0 Å². The number of ether oxygens (including phenoxy) is 3. The van der Waals surface area contributed by atoms with Crippen LogP contribution >= 0.6 is 0 Å². The van der Waals surface area contributed by atoms with Crippen molar-refractivity contribution in [2.24, 2.45) is 0 Å². The topological polar surface area (TPSA) is 65.1 Å². The van der Waals surface area contributed by atoms with Crippen molar-refractivity contribution >= 4 is 15.7 Å². The third kappa shape index (κ3) is 3.93. The summed E-state index contributed by atoms with van der Waals surface area (Å²) in [7, 11) is -2.39. The number of para-hydroxylation sites is 2. The fraction of sp³-hybridized carbons (Fsp3) is 0.217. The van der Waals surface area contributed by atoms with Crippen molar-refractivity contribution in [2.75, 3.05) is 24.6 Å². The molecule has 0 saturated carbocycles. The van der Waals surface area contributed by atoms with Gasteiger partial charge in [-0.2, -0.15) is 0 Å². The molecule has 0 spiro atoms. The molecule has 0 N–H and O–H groups in total. The molecule has 0 atom stereocenters. The number of rotatable bonds is 6. The van der Waals surface area contributed by atoms with E-state index >= 15 is 0 Å². The summed E-state index contributed by atoms with van der Waals surface area (Å²) < 4.78 is 45.4. The third-order valence-corrected chi connectivity index (χ3v) is 6.62. The number of fused-ring (bicyclic) bond motifs is 1. The van der Waals surface area contributed by atoms with Crippen molar-refractivity contribution in [1.29, 1.82) is 0 Å². The molecule has 3 aromatic carbocycles. The van der Waals surface area contributed by atoms with Gasteiger partial charge in [-0.25, -0.2) is 8.42 Å². The first-order valence-corrected chi connectivity index (χ1v) is 11.0. The molecule has 6 nitrogen and oxygen atoms in total. The minimum Gasteiger partial charge on any atom is -0.495 e. The number of nitrogens with zero attached hydrogens (tertiary/aromatic N) is 1. The van der Waals surface area contributed by atoms with Crippen LogP contribution in [0.4, 0.5) is 5.69 Å². The monoisotopic (exact) mass is 425 g/mol. The van der Waals surface area contributed by atoms with Crippen LogP contribution in [0.25, 0.3) is 0 Å². The lowest BCUT2D eigenvalue weighted by molar-refractivity contribution is 0.171. The lowest BCUT2D eigenvalue weighted by Gasteiger charge is -2.27. The number of benzene rings is 3. The van der Waals surface area contributed by atoms with Gasteiger partial charge in [0, 0.05) is 6.07 Å². The summed E-state index contributed by atoms with van der Waals surface area (Å²) in [4.78, 5) is 0.130. The second-order valence-corrected chi connectivity index (χ2v) is 8.84. The van der Waals surface area contributed by atoms with Crippen LogP contribution in [0.2, 0.25) is 0 Å². The van der Waals surface area contributed by atoms with E-state index in [4.69, 9.17) is 14.2 Å². The van der Waals surface area contributed by atoms with Gasteiger partial charge in [-0.1, -0.05) is 42.0 Å². The van der Waals surface area contributed by atoms with Gasteiger partial charge in [-0.3, -0.25) is 4.31 Å². The average molecular weight is 426 g/mol. The highest BCUT2D eigenvalue weighted by molar-refractivity contribution is 7.92. The molecule has 3 aromatic rings. The number of anilines is 1. The van der Waals surface area contributed by atoms with Crippen molar-refractivity contribution in [1.82, 2.24) is 0 Å². The van der Waals surface area contributed by atoms with E-state index in [0.29, 0.717) is 36.1 Å². The minimum atomic E-state index is -3.91. The lowest BCUT2D eigenvalue weighted by atomic mass is 10.1. The Hall–Kier alpha value is -3.19. The highest BCUT2D eigenvalue weighted by atomic mass is 32.2. The van der Waals surface area contributed by atoms with E-state index < -0.39 is 10.0 Å². The van der Waals surface area contributed by atoms with E-state index in [9.17, 15) is 8.42 Å². The molecule has 1 aliphatic rings. The molecule has 0 fully saturated rings. The molecule has 0 amide bonds. The van der Waals surface area contributed by atoms with E-state index in [1.165, 1.54) is 17.5 Å². The Labute approximate surface area is 176 Å². The second-order valence-electron chi connectivity index (χ2n) is 6.98. The Morgan fingerprint density at radius 2 is 1.70 bits per heavy atom. The van der Waals surface area contributed by atoms with Gasteiger partial charge in [0.05, 0.1) is 24.2 Å². The predicted octanol–water partition coefficient (Wildman–Crippen LogP) is 4.17. The Morgan fingerprint density at radius 3 is 2.47 bits per heavy atom. The van der Waals surface area contributed by atoms with Gasteiger partial charge in [0.15, 0.2) is 11.5 Å². The summed E-state index contributed by atoms with van der Waals surface area (Å²) >= 11 is 0. The number of methoxy groups -OCH3 is 1. The number of hydrogen-bond donors (Lipinski definition) is 0. The van der Waals surface area contributed by atoms with Gasteiger partial charge in [-0.05, 0) is 36.8 Å². The van der Waals surface area contributed by atoms with Crippen LogP contribution < -0.4 is 18.5 Å². The van der Waals surface area contributed by atoms with E-state index in [-0.39, 0.29) is 11.4 Å². The van der Waals surface area contributed by atoms with Crippen LogP contribution in [0.5, 0.6) is 17.2 Å². The zero-order chi connectivity index (χ0) is 21.1. The third-order valence-electron chi connectivity index (χ3n) is 4.86. The molecule has 30 heavy (non-hydrogen) atoms. The van der Waals surface area contributed by atoms with E-state index in [2.05, 4.69) is 0 Å². The van der Waals surface area contributed by atoms with Gasteiger partial charge in [0.1, 0.15) is 19.0 Å². The molecule has 0 aromatic heterocycles. The van der Waals surface area contributed by atoms with Crippen molar-refractivity contribution in [3.63, 3.8) is 0 Å². The largest absolute Gasteiger partial charge is 0.495 e. The highest BCUT2D eigenvalue weighted by Gasteiger charge is 2.29. The Balaban J connectivity index is 1.82. The van der Waals surface area contributed by atoms with Crippen LogP contribution in [0.1, 0.15) is 11.1 Å². The fourth-order valence-electron chi connectivity index (χ4n) is 3.42. The molecule has 156 valence electrons. The Bertz CT molecular complexity index is 1160. The van der Waals surface area contributed by atoms with Gasteiger partial charge < -0.3 is 14.2 Å². The number of sulfonamides is 1. The molecule has 0 aliphatic carbocycles. The zero-order valence-electron chi connectivity index (χ0n) is 16.9. The minimum absolute atomic E-state index is 0.130. The zero-order valence-corrected chi connectivity index (χ0v) is 17.7. The predicted molar refractivity (Wildman–Crippen MR) is 115 cm³/mol. The standard InChI is InChI=1S/C23H23NO5S/c1-17-6-5-7-18(14-17)16-24(20-8-3-4-9-21(20)27-2)30(25,26)19-10-11-22-23(15-19)29-13-12-28-22/h3-11,14-15H,12-13,16H2,1-2H3. The summed E-state index contributed by atoms with van der Waals surface area (Å²) in [5, 5.41) is 0. The molecule has 0 radical (unpaired) electrons. The van der Waals surface area contributed by atoms with E-state index in [0.717, 1.165) is 11.1 Å².